The molecule has 0 radical (unpaired) electrons. The summed E-state index contributed by atoms with van der Waals surface area (Å²) in [6.45, 7) is 7.21. The first-order chi connectivity index (χ1) is 6.07. The normalized spacial score (nSPS) is 25.6. The lowest BCUT2D eigenvalue weighted by atomic mass is 9.99. The van der Waals surface area contributed by atoms with E-state index in [4.69, 9.17) is 0 Å². The van der Waals surface area contributed by atoms with Gasteiger partial charge in [0.25, 0.3) is 0 Å². The molecule has 0 nitrogen and oxygen atoms in total. The Kier molecular flexibility index (Phi) is 1.92. The van der Waals surface area contributed by atoms with E-state index in [0.29, 0.717) is 5.92 Å². The van der Waals surface area contributed by atoms with Gasteiger partial charge in [0, 0.05) is 5.92 Å². The topological polar surface area (TPSA) is 0 Å². The molecule has 0 saturated carbocycles. The van der Waals surface area contributed by atoms with Crippen molar-refractivity contribution in [1.82, 2.24) is 0 Å². The molecule has 2 aliphatic carbocycles. The highest BCUT2D eigenvalue weighted by molar-refractivity contribution is 6.83. The van der Waals surface area contributed by atoms with E-state index in [-0.39, 0.29) is 0 Å². The van der Waals surface area contributed by atoms with E-state index in [2.05, 4.69) is 56.1 Å². The minimum Gasteiger partial charge on any atom is -0.0740 e. The summed E-state index contributed by atoms with van der Waals surface area (Å²) in [4.78, 5) is 0. The Morgan fingerprint density at radius 1 is 1.15 bits per heavy atom. The minimum atomic E-state index is -1.10. The van der Waals surface area contributed by atoms with Crippen molar-refractivity contribution < 1.29 is 0 Å². The lowest BCUT2D eigenvalue weighted by Crippen LogP contribution is -2.21. The smallest absolute Gasteiger partial charge is 0.0740 e. The Bertz CT molecular complexity index is 335. The molecule has 1 heteroatoms. The molecule has 68 valence electrons. The van der Waals surface area contributed by atoms with Gasteiger partial charge in [0.05, 0.1) is 8.07 Å². The molecule has 0 spiro atoms. The standard InChI is InChI=1S/C12H16Si/c1-13(2,3)12-8-10-6-4-5-7-11(10)9-12/h4-10H,1-3H3. The quantitative estimate of drug-likeness (QED) is 0.553. The van der Waals surface area contributed by atoms with Gasteiger partial charge in [0.15, 0.2) is 0 Å². The molecule has 0 N–H and O–H groups in total. The van der Waals surface area contributed by atoms with Crippen molar-refractivity contribution in [2.45, 2.75) is 19.6 Å². The van der Waals surface area contributed by atoms with Gasteiger partial charge in [-0.3, -0.25) is 0 Å². The van der Waals surface area contributed by atoms with Crippen molar-refractivity contribution in [2.75, 3.05) is 0 Å². The Morgan fingerprint density at radius 2 is 1.92 bits per heavy atom. The van der Waals surface area contributed by atoms with Gasteiger partial charge < -0.3 is 0 Å². The first-order valence-electron chi connectivity index (χ1n) is 4.86. The second kappa shape index (κ2) is 2.84. The van der Waals surface area contributed by atoms with E-state index in [0.717, 1.165) is 0 Å². The SMILES string of the molecule is C[Si](C)(C)C1=CC2C=CC=CC2=C1. The van der Waals surface area contributed by atoms with E-state index >= 15 is 0 Å². The van der Waals surface area contributed by atoms with Crippen molar-refractivity contribution in [2.24, 2.45) is 5.92 Å². The fraction of sp³-hybridized carbons (Fsp3) is 0.333. The van der Waals surface area contributed by atoms with Crippen LogP contribution in [-0.4, -0.2) is 8.07 Å². The van der Waals surface area contributed by atoms with Crippen LogP contribution in [0.5, 0.6) is 0 Å². The molecule has 0 amide bonds. The number of allylic oxidation sites excluding steroid dienone is 8. The molecule has 1 unspecified atom stereocenters. The van der Waals surface area contributed by atoms with E-state index < -0.39 is 8.07 Å². The highest BCUT2D eigenvalue weighted by Crippen LogP contribution is 2.32. The number of rotatable bonds is 1. The molecule has 2 aliphatic rings. The van der Waals surface area contributed by atoms with Crippen LogP contribution < -0.4 is 0 Å². The van der Waals surface area contributed by atoms with Crippen LogP contribution in [0.4, 0.5) is 0 Å². The first kappa shape index (κ1) is 8.76. The Balaban J connectivity index is 2.33. The van der Waals surface area contributed by atoms with Crippen molar-refractivity contribution >= 4 is 8.07 Å². The monoisotopic (exact) mass is 188 g/mol. The maximum atomic E-state index is 2.43. The molecule has 0 aliphatic heterocycles. The summed E-state index contributed by atoms with van der Waals surface area (Å²) in [6, 6.07) is 0. The molecule has 1 atom stereocenters. The van der Waals surface area contributed by atoms with Crippen LogP contribution in [0.15, 0.2) is 47.2 Å². The molecule has 2 rings (SSSR count). The molecule has 13 heavy (non-hydrogen) atoms. The maximum Gasteiger partial charge on any atom is 0.0772 e. The van der Waals surface area contributed by atoms with Crippen LogP contribution in [0.25, 0.3) is 0 Å². The Hall–Kier alpha value is -0.823. The molecule has 0 saturated heterocycles. The van der Waals surface area contributed by atoms with E-state index in [1.165, 1.54) is 5.57 Å². The van der Waals surface area contributed by atoms with Crippen LogP contribution in [0.1, 0.15) is 0 Å². The fourth-order valence-corrected chi connectivity index (χ4v) is 3.04. The van der Waals surface area contributed by atoms with E-state index in [1.54, 1.807) is 5.20 Å². The molecule has 0 heterocycles. The van der Waals surface area contributed by atoms with Gasteiger partial charge in [0.1, 0.15) is 0 Å². The van der Waals surface area contributed by atoms with Crippen molar-refractivity contribution in [1.29, 1.82) is 0 Å². The van der Waals surface area contributed by atoms with Gasteiger partial charge in [-0.15, -0.1) is 0 Å². The lowest BCUT2D eigenvalue weighted by Gasteiger charge is -2.15. The molecule has 0 bridgehead atoms. The predicted octanol–water partition coefficient (Wildman–Crippen LogP) is 3.47. The lowest BCUT2D eigenvalue weighted by molar-refractivity contribution is 1.02. The number of hydrogen-bond acceptors (Lipinski definition) is 0. The van der Waals surface area contributed by atoms with Crippen molar-refractivity contribution in [3.05, 3.63) is 47.2 Å². The minimum absolute atomic E-state index is 0.576. The molecule has 0 fully saturated rings. The number of hydrogen-bond donors (Lipinski definition) is 0. The molecule has 0 aromatic carbocycles. The third kappa shape index (κ3) is 1.61. The van der Waals surface area contributed by atoms with Gasteiger partial charge in [-0.05, 0) is 5.57 Å². The highest BCUT2D eigenvalue weighted by Gasteiger charge is 2.24. The molecule has 0 aromatic heterocycles. The van der Waals surface area contributed by atoms with Gasteiger partial charge in [-0.25, -0.2) is 0 Å². The summed E-state index contributed by atoms with van der Waals surface area (Å²) >= 11 is 0. The van der Waals surface area contributed by atoms with Gasteiger partial charge in [-0.1, -0.05) is 61.3 Å². The van der Waals surface area contributed by atoms with Crippen molar-refractivity contribution in [3.63, 3.8) is 0 Å². The van der Waals surface area contributed by atoms with E-state index in [1.807, 2.05) is 0 Å². The Morgan fingerprint density at radius 3 is 2.54 bits per heavy atom. The van der Waals surface area contributed by atoms with E-state index in [9.17, 15) is 0 Å². The van der Waals surface area contributed by atoms with Gasteiger partial charge in [-0.2, -0.15) is 0 Å². The predicted molar refractivity (Wildman–Crippen MR) is 61.3 cm³/mol. The molecular weight excluding hydrogens is 172 g/mol. The van der Waals surface area contributed by atoms with Crippen LogP contribution in [0.3, 0.4) is 0 Å². The second-order valence-corrected chi connectivity index (χ2v) is 9.86. The average molecular weight is 188 g/mol. The van der Waals surface area contributed by atoms with Crippen LogP contribution in [-0.2, 0) is 0 Å². The summed E-state index contributed by atoms with van der Waals surface area (Å²) in [5.74, 6) is 0.576. The summed E-state index contributed by atoms with van der Waals surface area (Å²) in [5, 5.41) is 1.60. The highest BCUT2D eigenvalue weighted by atomic mass is 28.3. The molecular formula is C12H16Si. The number of fused-ring (bicyclic) bond motifs is 1. The Labute approximate surface area is 81.4 Å². The third-order valence-electron chi connectivity index (χ3n) is 2.65. The average Bonchev–Trinajstić information content (AvgIpc) is 2.45. The zero-order chi connectivity index (χ0) is 9.47. The van der Waals surface area contributed by atoms with Crippen LogP contribution in [0, 0.1) is 5.92 Å². The maximum absolute atomic E-state index is 2.43. The summed E-state index contributed by atoms with van der Waals surface area (Å²) in [6.07, 6.45) is 13.6. The zero-order valence-electron chi connectivity index (χ0n) is 8.54. The van der Waals surface area contributed by atoms with Crippen LogP contribution >= 0.6 is 0 Å². The van der Waals surface area contributed by atoms with Crippen molar-refractivity contribution in [3.8, 4) is 0 Å². The fourth-order valence-electron chi connectivity index (χ4n) is 1.76. The summed E-state index contributed by atoms with van der Waals surface area (Å²) in [5.41, 5.74) is 1.47. The zero-order valence-corrected chi connectivity index (χ0v) is 9.54. The van der Waals surface area contributed by atoms with Crippen LogP contribution in [0.2, 0.25) is 19.6 Å². The third-order valence-corrected chi connectivity index (χ3v) is 4.69. The van der Waals surface area contributed by atoms with Gasteiger partial charge in [0.2, 0.25) is 0 Å². The van der Waals surface area contributed by atoms with Gasteiger partial charge >= 0.3 is 0 Å². The summed E-state index contributed by atoms with van der Waals surface area (Å²) < 4.78 is 0. The summed E-state index contributed by atoms with van der Waals surface area (Å²) in [7, 11) is -1.10. The first-order valence-corrected chi connectivity index (χ1v) is 8.36. The molecule has 0 aromatic rings. The largest absolute Gasteiger partial charge is 0.0772 e. The second-order valence-electron chi connectivity index (χ2n) is 4.79.